The van der Waals surface area contributed by atoms with E-state index in [1.165, 1.54) is 19.1 Å². The maximum atomic E-state index is 15.5. The van der Waals surface area contributed by atoms with Gasteiger partial charge >= 0.3 is 6.18 Å². The quantitative estimate of drug-likeness (QED) is 0.311. The van der Waals surface area contributed by atoms with Crippen molar-refractivity contribution in [3.8, 4) is 5.69 Å². The van der Waals surface area contributed by atoms with E-state index in [0.717, 1.165) is 23.9 Å². The third kappa shape index (κ3) is 5.96. The number of carbonyl (C=O) groups excluding carboxylic acids is 1. The van der Waals surface area contributed by atoms with Crippen LogP contribution in [0.3, 0.4) is 0 Å². The van der Waals surface area contributed by atoms with Crippen molar-refractivity contribution in [3.63, 3.8) is 0 Å². The van der Waals surface area contributed by atoms with E-state index in [1.807, 2.05) is 12.1 Å². The van der Waals surface area contributed by atoms with Crippen LogP contribution in [0.4, 0.5) is 17.6 Å². The SMILES string of the molecule is CC1(NC(=O)c2cc(C(F)(F)F)nn2-c2cccc(CN)c2)C=C(C(N)(CCC2CC2)c2ccccn2)C=CC1F. The Labute approximate surface area is 235 Å². The first-order valence-corrected chi connectivity index (χ1v) is 13.5. The zero-order valence-corrected chi connectivity index (χ0v) is 22.5. The van der Waals surface area contributed by atoms with Gasteiger partial charge in [-0.05, 0) is 67.2 Å². The van der Waals surface area contributed by atoms with Crippen LogP contribution in [-0.4, -0.2) is 32.4 Å². The van der Waals surface area contributed by atoms with Gasteiger partial charge in [0.2, 0.25) is 0 Å². The zero-order valence-electron chi connectivity index (χ0n) is 22.5. The number of nitrogens with one attached hydrogen (secondary N) is 1. The van der Waals surface area contributed by atoms with Crippen molar-refractivity contribution in [3.05, 3.63) is 101 Å². The molecule has 2 heterocycles. The number of alkyl halides is 4. The highest BCUT2D eigenvalue weighted by molar-refractivity contribution is 5.94. The lowest BCUT2D eigenvalue weighted by Gasteiger charge is -2.38. The van der Waals surface area contributed by atoms with Crippen molar-refractivity contribution in [2.24, 2.45) is 17.4 Å². The number of pyridine rings is 1. The first-order chi connectivity index (χ1) is 19.4. The van der Waals surface area contributed by atoms with Crippen molar-refractivity contribution >= 4 is 5.91 Å². The number of aromatic nitrogens is 3. The third-order valence-corrected chi connectivity index (χ3v) is 7.76. The Balaban J connectivity index is 1.51. The standard InChI is InChI=1S/C30H32F4N6O/c1-28(17-21(10-11-24(28)31)29(36,13-12-19-8-9-19)25-7-2-3-14-37-25)38-27(41)23-16-26(30(32,33)34)39-40(23)22-6-4-5-20(15-22)18-35/h2-7,10-11,14-17,19,24H,8-9,12-13,18,35-36H2,1H3,(H,38,41). The average Bonchev–Trinajstić information content (AvgIpc) is 3.67. The molecule has 3 atom stereocenters. The molecule has 1 saturated carbocycles. The Hall–Kier alpha value is -3.83. The Morgan fingerprint density at radius 1 is 1.15 bits per heavy atom. The molecule has 1 aromatic carbocycles. The Morgan fingerprint density at radius 2 is 1.93 bits per heavy atom. The number of hydrogen-bond acceptors (Lipinski definition) is 5. The zero-order chi connectivity index (χ0) is 29.4. The highest BCUT2D eigenvalue weighted by Gasteiger charge is 2.43. The molecule has 11 heteroatoms. The summed E-state index contributed by atoms with van der Waals surface area (Å²) in [6, 6.07) is 12.4. The van der Waals surface area contributed by atoms with E-state index in [9.17, 15) is 18.0 Å². The predicted molar refractivity (Wildman–Crippen MR) is 147 cm³/mol. The molecule has 1 fully saturated rings. The second-order valence-corrected chi connectivity index (χ2v) is 11.0. The minimum atomic E-state index is -4.80. The first-order valence-electron chi connectivity index (χ1n) is 13.5. The Kier molecular flexibility index (Phi) is 7.60. The predicted octanol–water partition coefficient (Wildman–Crippen LogP) is 5.11. The van der Waals surface area contributed by atoms with E-state index in [4.69, 9.17) is 11.5 Å². The van der Waals surface area contributed by atoms with Crippen molar-refractivity contribution in [2.75, 3.05) is 0 Å². The number of benzene rings is 1. The van der Waals surface area contributed by atoms with Gasteiger partial charge in [-0.2, -0.15) is 18.3 Å². The summed E-state index contributed by atoms with van der Waals surface area (Å²) >= 11 is 0. The largest absolute Gasteiger partial charge is 0.435 e. The molecule has 0 bridgehead atoms. The summed E-state index contributed by atoms with van der Waals surface area (Å²) in [5.74, 6) is -0.351. The summed E-state index contributed by atoms with van der Waals surface area (Å²) in [7, 11) is 0. The molecule has 7 nitrogen and oxygen atoms in total. The van der Waals surface area contributed by atoms with Gasteiger partial charge < -0.3 is 16.8 Å². The maximum Gasteiger partial charge on any atom is 0.435 e. The molecule has 5 rings (SSSR count). The van der Waals surface area contributed by atoms with Gasteiger partial charge in [-0.25, -0.2) is 9.07 Å². The van der Waals surface area contributed by atoms with Gasteiger partial charge in [0, 0.05) is 18.8 Å². The molecule has 5 N–H and O–H groups in total. The molecule has 2 aromatic heterocycles. The molecule has 2 aliphatic carbocycles. The fourth-order valence-electron chi connectivity index (χ4n) is 5.11. The minimum absolute atomic E-state index is 0.141. The van der Waals surface area contributed by atoms with Crippen LogP contribution >= 0.6 is 0 Å². The second-order valence-electron chi connectivity index (χ2n) is 11.0. The monoisotopic (exact) mass is 568 g/mol. The number of hydrogen-bond donors (Lipinski definition) is 3. The maximum absolute atomic E-state index is 15.5. The van der Waals surface area contributed by atoms with Crippen LogP contribution in [0.5, 0.6) is 0 Å². The molecule has 0 spiro atoms. The summed E-state index contributed by atoms with van der Waals surface area (Å²) in [6.07, 6.45) is 3.31. The number of amides is 1. The second kappa shape index (κ2) is 10.9. The summed E-state index contributed by atoms with van der Waals surface area (Å²) in [6.45, 7) is 1.61. The molecule has 41 heavy (non-hydrogen) atoms. The number of rotatable bonds is 9. The highest BCUT2D eigenvalue weighted by atomic mass is 19.4. The van der Waals surface area contributed by atoms with Crippen LogP contribution in [0.1, 0.15) is 60.0 Å². The third-order valence-electron chi connectivity index (χ3n) is 7.76. The van der Waals surface area contributed by atoms with Crippen LogP contribution in [-0.2, 0) is 18.3 Å². The molecule has 1 amide bonds. The van der Waals surface area contributed by atoms with Crippen molar-refractivity contribution in [1.82, 2.24) is 20.1 Å². The van der Waals surface area contributed by atoms with Crippen LogP contribution < -0.4 is 16.8 Å². The molecule has 0 aliphatic heterocycles. The van der Waals surface area contributed by atoms with Crippen molar-refractivity contribution in [2.45, 2.75) is 62.6 Å². The van der Waals surface area contributed by atoms with Gasteiger partial charge in [0.15, 0.2) is 5.69 Å². The van der Waals surface area contributed by atoms with Gasteiger partial charge in [-0.3, -0.25) is 9.78 Å². The van der Waals surface area contributed by atoms with Crippen molar-refractivity contribution < 1.29 is 22.4 Å². The minimum Gasteiger partial charge on any atom is -0.339 e. The van der Waals surface area contributed by atoms with Crippen LogP contribution in [0, 0.1) is 5.92 Å². The molecule has 0 radical (unpaired) electrons. The Bertz CT molecular complexity index is 1480. The van der Waals surface area contributed by atoms with Gasteiger partial charge in [-0.1, -0.05) is 43.2 Å². The molecule has 216 valence electrons. The van der Waals surface area contributed by atoms with E-state index in [0.29, 0.717) is 35.2 Å². The lowest BCUT2D eigenvalue weighted by Crippen LogP contribution is -2.54. The molecule has 0 saturated heterocycles. The van der Waals surface area contributed by atoms with Crippen molar-refractivity contribution in [1.29, 1.82) is 0 Å². The summed E-state index contributed by atoms with van der Waals surface area (Å²) < 4.78 is 57.4. The van der Waals surface area contributed by atoms with E-state index in [2.05, 4.69) is 15.4 Å². The summed E-state index contributed by atoms with van der Waals surface area (Å²) in [4.78, 5) is 18.1. The smallest absolute Gasteiger partial charge is 0.339 e. The Morgan fingerprint density at radius 3 is 2.59 bits per heavy atom. The number of nitrogens with two attached hydrogens (primary N) is 2. The lowest BCUT2D eigenvalue weighted by molar-refractivity contribution is -0.141. The molecule has 2 aliphatic rings. The topological polar surface area (TPSA) is 112 Å². The summed E-state index contributed by atoms with van der Waals surface area (Å²) in [5, 5.41) is 6.29. The molecular formula is C30H32F4N6O. The first kappa shape index (κ1) is 28.7. The van der Waals surface area contributed by atoms with E-state index < -0.39 is 40.7 Å². The molecule has 3 aromatic rings. The van der Waals surface area contributed by atoms with E-state index in [-0.39, 0.29) is 12.2 Å². The fourth-order valence-corrected chi connectivity index (χ4v) is 5.11. The van der Waals surface area contributed by atoms with Crippen LogP contribution in [0.15, 0.2) is 78.5 Å². The summed E-state index contributed by atoms with van der Waals surface area (Å²) in [5.41, 5.74) is 10.4. The van der Waals surface area contributed by atoms with Gasteiger partial charge in [-0.15, -0.1) is 0 Å². The molecule has 3 unspecified atom stereocenters. The van der Waals surface area contributed by atoms with Crippen LogP contribution in [0.2, 0.25) is 0 Å². The van der Waals surface area contributed by atoms with Gasteiger partial charge in [0.1, 0.15) is 11.9 Å². The number of carbonyl (C=O) groups is 1. The molecular weight excluding hydrogens is 536 g/mol. The normalized spacial score (nSPS) is 22.2. The lowest BCUT2D eigenvalue weighted by atomic mass is 9.76. The van der Waals surface area contributed by atoms with Gasteiger partial charge in [0.25, 0.3) is 5.91 Å². The number of halogens is 4. The van der Waals surface area contributed by atoms with Gasteiger partial charge in [0.05, 0.1) is 22.5 Å². The van der Waals surface area contributed by atoms with Crippen LogP contribution in [0.25, 0.3) is 5.69 Å². The van der Waals surface area contributed by atoms with E-state index in [1.54, 1.807) is 42.6 Å². The number of nitrogens with zero attached hydrogens (tertiary/aromatic N) is 3. The van der Waals surface area contributed by atoms with E-state index >= 15 is 4.39 Å². The highest BCUT2D eigenvalue weighted by Crippen LogP contribution is 2.41. The average molecular weight is 569 g/mol. The fraction of sp³-hybridized carbons (Fsp3) is 0.367.